The summed E-state index contributed by atoms with van der Waals surface area (Å²) < 4.78 is 50.7. The highest BCUT2D eigenvalue weighted by Gasteiger charge is 2.38. The molecule has 4 heterocycles. The molecule has 2 bridgehead atoms. The topological polar surface area (TPSA) is 104 Å². The number of hydrogen-bond acceptors (Lipinski definition) is 9. The van der Waals surface area contributed by atoms with E-state index < -0.39 is 18.0 Å². The molecule has 2 saturated heterocycles. The maximum Gasteiger partial charge on any atom is 0.573 e. The van der Waals surface area contributed by atoms with Crippen LogP contribution in [0.5, 0.6) is 5.75 Å². The van der Waals surface area contributed by atoms with Crippen LogP contribution < -0.4 is 15.0 Å². The number of aliphatic hydroxyl groups is 1. The number of benzene rings is 1. The van der Waals surface area contributed by atoms with Gasteiger partial charge < -0.3 is 29.4 Å². The van der Waals surface area contributed by atoms with Gasteiger partial charge >= 0.3 is 6.36 Å². The van der Waals surface area contributed by atoms with Crippen LogP contribution in [0.3, 0.4) is 0 Å². The summed E-state index contributed by atoms with van der Waals surface area (Å²) in [6.45, 7) is 0.800. The minimum atomic E-state index is -5.06. The lowest BCUT2D eigenvalue weighted by molar-refractivity contribution is -0.274. The van der Waals surface area contributed by atoms with E-state index in [4.69, 9.17) is 4.42 Å². The number of likely N-dealkylation sites (N-methyl/N-ethyl adjacent to an activating group) is 1. The van der Waals surface area contributed by atoms with Crippen molar-refractivity contribution in [1.29, 1.82) is 0 Å². The summed E-state index contributed by atoms with van der Waals surface area (Å²) in [6, 6.07) is 1.96. The van der Waals surface area contributed by atoms with E-state index in [1.165, 1.54) is 24.5 Å². The van der Waals surface area contributed by atoms with Crippen LogP contribution in [0.2, 0.25) is 0 Å². The fraction of sp³-hybridized carbons (Fsp3) is 0.476. The second kappa shape index (κ2) is 8.71. The van der Waals surface area contributed by atoms with Crippen molar-refractivity contribution in [3.8, 4) is 16.3 Å². The highest BCUT2D eigenvalue weighted by Crippen LogP contribution is 2.43. The largest absolute Gasteiger partial charge is 0.573 e. The highest BCUT2D eigenvalue weighted by molar-refractivity contribution is 7.13. The molecule has 0 saturated carbocycles. The van der Waals surface area contributed by atoms with Crippen molar-refractivity contribution in [3.63, 3.8) is 0 Å². The molecule has 9 nitrogen and oxygen atoms in total. The number of carbonyl (C=O) groups excluding carboxylic acids is 1. The number of ether oxygens (including phenoxy) is 1. The Balaban J connectivity index is 1.70. The predicted octanol–water partition coefficient (Wildman–Crippen LogP) is 2.85. The number of thiazole rings is 1. The van der Waals surface area contributed by atoms with Crippen molar-refractivity contribution in [2.24, 2.45) is 0 Å². The molecule has 0 radical (unpaired) electrons. The van der Waals surface area contributed by atoms with Gasteiger partial charge in [0.25, 0.3) is 11.9 Å². The van der Waals surface area contributed by atoms with Crippen LogP contribution in [-0.4, -0.2) is 77.6 Å². The number of nitrogens with one attached hydrogen (secondary N) is 1. The van der Waals surface area contributed by atoms with Crippen molar-refractivity contribution in [3.05, 3.63) is 23.2 Å². The van der Waals surface area contributed by atoms with Gasteiger partial charge in [-0.05, 0) is 18.9 Å². The zero-order valence-corrected chi connectivity index (χ0v) is 18.9. The van der Waals surface area contributed by atoms with Gasteiger partial charge in [0.05, 0.1) is 17.7 Å². The summed E-state index contributed by atoms with van der Waals surface area (Å²) >= 11 is 1.25. The number of hydrogen-bond donors (Lipinski definition) is 2. The normalized spacial score (nSPS) is 20.2. The molecular formula is C21H22F3N5O4S. The number of piperazine rings is 1. The van der Waals surface area contributed by atoms with Gasteiger partial charge in [0.1, 0.15) is 5.01 Å². The van der Waals surface area contributed by atoms with Gasteiger partial charge in [-0.1, -0.05) is 0 Å². The number of carbonyl (C=O) groups is 1. The van der Waals surface area contributed by atoms with E-state index in [9.17, 15) is 23.1 Å². The first-order valence-electron chi connectivity index (χ1n) is 10.7. The summed E-state index contributed by atoms with van der Waals surface area (Å²) in [4.78, 5) is 24.8. The summed E-state index contributed by atoms with van der Waals surface area (Å²) in [5.74, 6) is -1.48. The lowest BCUT2D eigenvalue weighted by Crippen LogP contribution is -2.51. The third-order valence-corrected chi connectivity index (χ3v) is 6.80. The molecule has 2 aliphatic heterocycles. The Kier molecular flexibility index (Phi) is 5.86. The van der Waals surface area contributed by atoms with E-state index >= 15 is 0 Å². The second-order valence-electron chi connectivity index (χ2n) is 8.35. The maximum atomic E-state index is 13.4. The Morgan fingerprint density at radius 1 is 1.38 bits per heavy atom. The third-order valence-electron chi connectivity index (χ3n) is 5.99. The first kappa shape index (κ1) is 22.9. The van der Waals surface area contributed by atoms with Crippen LogP contribution >= 0.6 is 11.3 Å². The van der Waals surface area contributed by atoms with Gasteiger partial charge in [0.2, 0.25) is 0 Å². The molecule has 34 heavy (non-hydrogen) atoms. The van der Waals surface area contributed by atoms with E-state index in [0.717, 1.165) is 17.7 Å². The van der Waals surface area contributed by atoms with Crippen LogP contribution in [0, 0.1) is 0 Å². The van der Waals surface area contributed by atoms with Gasteiger partial charge in [0.15, 0.2) is 16.8 Å². The summed E-state index contributed by atoms with van der Waals surface area (Å²) in [7, 11) is 1.38. The highest BCUT2D eigenvalue weighted by atomic mass is 32.1. The van der Waals surface area contributed by atoms with Crippen molar-refractivity contribution < 1.29 is 32.2 Å². The molecule has 1 unspecified atom stereocenters. The molecule has 13 heteroatoms. The fourth-order valence-electron chi connectivity index (χ4n) is 4.49. The number of rotatable bonds is 6. The average Bonchev–Trinajstić information content (AvgIpc) is 3.53. The first-order chi connectivity index (χ1) is 16.2. The van der Waals surface area contributed by atoms with Crippen molar-refractivity contribution >= 4 is 34.4 Å². The molecular weight excluding hydrogens is 475 g/mol. The minimum absolute atomic E-state index is 0.0661. The van der Waals surface area contributed by atoms with Crippen LogP contribution in [0.4, 0.5) is 19.2 Å². The van der Waals surface area contributed by atoms with Crippen LogP contribution in [0.25, 0.3) is 21.7 Å². The number of nitrogens with zero attached hydrogens (tertiary/aromatic N) is 4. The quantitative estimate of drug-likeness (QED) is 0.536. The Bertz CT molecular complexity index is 1190. The molecule has 2 aliphatic rings. The number of fused-ring (bicyclic) bond motifs is 3. The van der Waals surface area contributed by atoms with Crippen molar-refractivity contribution in [2.75, 3.05) is 38.2 Å². The number of halogens is 3. The molecule has 0 spiro atoms. The standard InChI is InChI=1S/C21H22F3N5O4S/c1-28(5-6-30)19(31)14-8-13(18-25-4-7-34-18)16-15(17(14)33-21(22,23)24)27-20(32-16)29-9-11-2-3-12(10-29)26-11/h4,7-8,11-12,26,30H,2-3,5-6,9-10H2,1H3/t11-,12?/m1/s1. The Morgan fingerprint density at radius 3 is 2.74 bits per heavy atom. The fourth-order valence-corrected chi connectivity index (χ4v) is 5.14. The molecule has 182 valence electrons. The van der Waals surface area contributed by atoms with E-state index in [0.29, 0.717) is 23.7 Å². The van der Waals surface area contributed by atoms with E-state index in [1.54, 1.807) is 11.6 Å². The first-order valence-corrected chi connectivity index (χ1v) is 11.6. The number of aliphatic hydroxyl groups excluding tert-OH is 1. The van der Waals surface area contributed by atoms with Gasteiger partial charge in [0, 0.05) is 50.3 Å². The van der Waals surface area contributed by atoms with E-state index in [-0.39, 0.29) is 47.9 Å². The molecule has 0 aliphatic carbocycles. The molecule has 1 amide bonds. The maximum absolute atomic E-state index is 13.4. The van der Waals surface area contributed by atoms with Crippen LogP contribution in [0.15, 0.2) is 22.1 Å². The van der Waals surface area contributed by atoms with Crippen molar-refractivity contribution in [1.82, 2.24) is 20.2 Å². The van der Waals surface area contributed by atoms with Crippen molar-refractivity contribution in [2.45, 2.75) is 31.3 Å². The molecule has 3 aromatic rings. The smallest absolute Gasteiger partial charge is 0.422 e. The number of amides is 1. The van der Waals surface area contributed by atoms with Gasteiger partial charge in [-0.2, -0.15) is 4.98 Å². The van der Waals surface area contributed by atoms with Gasteiger partial charge in [-0.3, -0.25) is 4.79 Å². The SMILES string of the molecule is CN(CCO)C(=O)c1cc(-c2nccs2)c2oc(N3CC4CC[C@H](C3)N4)nc2c1OC(F)(F)F. The number of aromatic nitrogens is 2. The minimum Gasteiger partial charge on any atom is -0.422 e. The van der Waals surface area contributed by atoms with Gasteiger partial charge in [-0.25, -0.2) is 4.98 Å². The Hall–Kier alpha value is -2.90. The number of anilines is 1. The Labute approximate surface area is 196 Å². The zero-order valence-electron chi connectivity index (χ0n) is 18.1. The van der Waals surface area contributed by atoms with E-state index in [1.807, 2.05) is 4.90 Å². The third kappa shape index (κ3) is 4.30. The molecule has 5 rings (SSSR count). The van der Waals surface area contributed by atoms with Crippen LogP contribution in [0.1, 0.15) is 23.2 Å². The second-order valence-corrected chi connectivity index (χ2v) is 9.25. The lowest BCUT2D eigenvalue weighted by atomic mass is 10.1. The average molecular weight is 497 g/mol. The summed E-state index contributed by atoms with van der Waals surface area (Å²) in [6.07, 6.45) is -1.50. The summed E-state index contributed by atoms with van der Waals surface area (Å²) in [5.41, 5.74) is -0.133. The molecule has 1 aromatic carbocycles. The van der Waals surface area contributed by atoms with Gasteiger partial charge in [-0.15, -0.1) is 24.5 Å². The number of alkyl halides is 3. The monoisotopic (exact) mass is 497 g/mol. The predicted molar refractivity (Wildman–Crippen MR) is 118 cm³/mol. The van der Waals surface area contributed by atoms with Crippen LogP contribution in [-0.2, 0) is 0 Å². The molecule has 2 aromatic heterocycles. The Morgan fingerprint density at radius 2 is 2.12 bits per heavy atom. The summed E-state index contributed by atoms with van der Waals surface area (Å²) in [5, 5.41) is 14.9. The van der Waals surface area contributed by atoms with E-state index in [2.05, 4.69) is 20.0 Å². The zero-order chi connectivity index (χ0) is 24.0. The molecule has 2 N–H and O–H groups in total. The molecule has 2 atom stereocenters. The molecule has 2 fully saturated rings. The lowest BCUT2D eigenvalue weighted by Gasteiger charge is -2.31. The number of oxazole rings is 1.